The highest BCUT2D eigenvalue weighted by Crippen LogP contribution is 2.15. The lowest BCUT2D eigenvalue weighted by atomic mass is 10.2. The van der Waals surface area contributed by atoms with Crippen LogP contribution in [0.3, 0.4) is 0 Å². The number of fused-ring (bicyclic) bond motifs is 1. The lowest BCUT2D eigenvalue weighted by molar-refractivity contribution is 0.343. The second kappa shape index (κ2) is 4.38. The molecular formula is C11H9ClN2O. The molecule has 4 heteroatoms. The summed E-state index contributed by atoms with van der Waals surface area (Å²) in [5.74, 6) is 0. The molecule has 2 aromatic rings. The van der Waals surface area contributed by atoms with Crippen molar-refractivity contribution in [2.45, 2.75) is 0 Å². The summed E-state index contributed by atoms with van der Waals surface area (Å²) in [7, 11) is 0. The first-order chi connectivity index (χ1) is 7.29. The zero-order chi connectivity index (χ0) is 10.7. The van der Waals surface area contributed by atoms with Crippen LogP contribution in [0.1, 0.15) is 5.56 Å². The van der Waals surface area contributed by atoms with Gasteiger partial charge >= 0.3 is 0 Å². The average Bonchev–Trinajstić information content (AvgIpc) is 2.25. The van der Waals surface area contributed by atoms with Gasteiger partial charge in [0.1, 0.15) is 5.15 Å². The highest BCUT2D eigenvalue weighted by molar-refractivity contribution is 6.29. The van der Waals surface area contributed by atoms with E-state index in [2.05, 4.69) is 9.97 Å². The van der Waals surface area contributed by atoms with E-state index in [0.29, 0.717) is 5.15 Å². The van der Waals surface area contributed by atoms with E-state index in [1.165, 1.54) is 6.20 Å². The molecule has 76 valence electrons. The molecule has 2 rings (SSSR count). The first-order valence-electron chi connectivity index (χ1n) is 4.49. The van der Waals surface area contributed by atoms with E-state index in [4.69, 9.17) is 16.7 Å². The quantitative estimate of drug-likeness (QED) is 0.845. The van der Waals surface area contributed by atoms with Crippen LogP contribution in [0.15, 0.2) is 30.5 Å². The summed E-state index contributed by atoms with van der Waals surface area (Å²) in [5.41, 5.74) is 2.52. The van der Waals surface area contributed by atoms with E-state index in [1.54, 1.807) is 6.08 Å². The lowest BCUT2D eigenvalue weighted by Crippen LogP contribution is -1.85. The molecule has 0 spiro atoms. The lowest BCUT2D eigenvalue weighted by Gasteiger charge is -1.98. The van der Waals surface area contributed by atoms with Gasteiger partial charge in [0, 0.05) is 0 Å². The fourth-order valence-electron chi connectivity index (χ4n) is 1.30. The Balaban J connectivity index is 2.49. The summed E-state index contributed by atoms with van der Waals surface area (Å²) in [6.07, 6.45) is 5.01. The minimum atomic E-state index is 0.0270. The summed E-state index contributed by atoms with van der Waals surface area (Å²) in [6.45, 7) is 0.0270. The fourth-order valence-corrected chi connectivity index (χ4v) is 1.44. The van der Waals surface area contributed by atoms with Gasteiger partial charge < -0.3 is 5.11 Å². The summed E-state index contributed by atoms with van der Waals surface area (Å²) in [6, 6.07) is 5.66. The Bertz CT molecular complexity index is 511. The van der Waals surface area contributed by atoms with Gasteiger partial charge in [0.25, 0.3) is 0 Å². The second-order valence-corrected chi connectivity index (χ2v) is 3.41. The largest absolute Gasteiger partial charge is 0.392 e. The molecule has 0 amide bonds. The summed E-state index contributed by atoms with van der Waals surface area (Å²) in [4.78, 5) is 8.29. The molecule has 0 radical (unpaired) electrons. The molecule has 0 saturated heterocycles. The Hall–Kier alpha value is -1.45. The third kappa shape index (κ3) is 2.32. The number of rotatable bonds is 2. The maximum Gasteiger partial charge on any atom is 0.148 e. The highest BCUT2D eigenvalue weighted by Gasteiger charge is 1.98. The summed E-state index contributed by atoms with van der Waals surface area (Å²) >= 11 is 5.74. The van der Waals surface area contributed by atoms with Crippen LogP contribution in [-0.2, 0) is 0 Å². The Morgan fingerprint density at radius 1 is 1.33 bits per heavy atom. The van der Waals surface area contributed by atoms with E-state index in [-0.39, 0.29) is 6.61 Å². The fraction of sp³-hybridized carbons (Fsp3) is 0.0909. The third-order valence-electron chi connectivity index (χ3n) is 1.95. The topological polar surface area (TPSA) is 46.0 Å². The predicted octanol–water partition coefficient (Wildman–Crippen LogP) is 2.29. The van der Waals surface area contributed by atoms with Crippen LogP contribution in [0.25, 0.3) is 17.1 Å². The van der Waals surface area contributed by atoms with Crippen LogP contribution in [0.2, 0.25) is 5.15 Å². The Morgan fingerprint density at radius 2 is 2.20 bits per heavy atom. The van der Waals surface area contributed by atoms with Crippen molar-refractivity contribution in [3.8, 4) is 0 Å². The van der Waals surface area contributed by atoms with Gasteiger partial charge in [-0.25, -0.2) is 4.98 Å². The molecule has 0 atom stereocenters. The normalized spacial score (nSPS) is 11.3. The van der Waals surface area contributed by atoms with Crippen LogP contribution < -0.4 is 0 Å². The van der Waals surface area contributed by atoms with Crippen molar-refractivity contribution in [2.24, 2.45) is 0 Å². The molecule has 0 aliphatic carbocycles. The van der Waals surface area contributed by atoms with Crippen molar-refractivity contribution < 1.29 is 5.11 Å². The van der Waals surface area contributed by atoms with E-state index >= 15 is 0 Å². The summed E-state index contributed by atoms with van der Waals surface area (Å²) < 4.78 is 0. The standard InChI is InChI=1S/C11H9ClN2O/c12-11-7-13-9-4-3-8(2-1-5-15)6-10(9)14-11/h1-4,6-7,15H,5H2. The Morgan fingerprint density at radius 3 is 3.00 bits per heavy atom. The monoisotopic (exact) mass is 220 g/mol. The van der Waals surface area contributed by atoms with E-state index in [0.717, 1.165) is 16.6 Å². The highest BCUT2D eigenvalue weighted by atomic mass is 35.5. The molecule has 1 N–H and O–H groups in total. The number of aliphatic hydroxyl groups excluding tert-OH is 1. The Labute approximate surface area is 92.1 Å². The molecule has 3 nitrogen and oxygen atoms in total. The number of aliphatic hydroxyl groups is 1. The molecule has 1 heterocycles. The van der Waals surface area contributed by atoms with Gasteiger partial charge in [0.15, 0.2) is 0 Å². The maximum absolute atomic E-state index is 8.65. The van der Waals surface area contributed by atoms with Crippen LogP contribution in [-0.4, -0.2) is 21.7 Å². The first kappa shape index (κ1) is 10.1. The first-order valence-corrected chi connectivity index (χ1v) is 4.87. The molecule has 1 aromatic carbocycles. The zero-order valence-corrected chi connectivity index (χ0v) is 8.65. The minimum absolute atomic E-state index is 0.0270. The number of hydrogen-bond acceptors (Lipinski definition) is 3. The smallest absolute Gasteiger partial charge is 0.148 e. The minimum Gasteiger partial charge on any atom is -0.392 e. The van der Waals surface area contributed by atoms with Crippen molar-refractivity contribution in [1.82, 2.24) is 9.97 Å². The number of halogens is 1. The number of benzene rings is 1. The van der Waals surface area contributed by atoms with Crippen molar-refractivity contribution in [2.75, 3.05) is 6.61 Å². The van der Waals surface area contributed by atoms with Crippen LogP contribution >= 0.6 is 11.6 Å². The van der Waals surface area contributed by atoms with Gasteiger partial charge in [-0.2, -0.15) is 0 Å². The van der Waals surface area contributed by atoms with Crippen molar-refractivity contribution in [3.05, 3.63) is 41.2 Å². The Kier molecular flexibility index (Phi) is 2.94. The van der Waals surface area contributed by atoms with Crippen LogP contribution in [0.5, 0.6) is 0 Å². The molecule has 0 saturated carbocycles. The van der Waals surface area contributed by atoms with Gasteiger partial charge in [-0.1, -0.05) is 29.8 Å². The average molecular weight is 221 g/mol. The number of nitrogens with zero attached hydrogens (tertiary/aromatic N) is 2. The summed E-state index contributed by atoms with van der Waals surface area (Å²) in [5, 5.41) is 9.03. The number of hydrogen-bond donors (Lipinski definition) is 1. The van der Waals surface area contributed by atoms with Crippen molar-refractivity contribution >= 4 is 28.7 Å². The number of aromatic nitrogens is 2. The van der Waals surface area contributed by atoms with Gasteiger partial charge in [0.05, 0.1) is 23.8 Å². The van der Waals surface area contributed by atoms with Crippen molar-refractivity contribution in [3.63, 3.8) is 0 Å². The van der Waals surface area contributed by atoms with Gasteiger partial charge in [-0.05, 0) is 17.7 Å². The second-order valence-electron chi connectivity index (χ2n) is 3.03. The zero-order valence-electron chi connectivity index (χ0n) is 7.89. The molecule has 0 aliphatic rings. The maximum atomic E-state index is 8.65. The van der Waals surface area contributed by atoms with E-state index in [9.17, 15) is 0 Å². The molecule has 0 fully saturated rings. The third-order valence-corrected chi connectivity index (χ3v) is 2.13. The van der Waals surface area contributed by atoms with Gasteiger partial charge in [0.2, 0.25) is 0 Å². The molecular weight excluding hydrogens is 212 g/mol. The van der Waals surface area contributed by atoms with Crippen LogP contribution in [0.4, 0.5) is 0 Å². The van der Waals surface area contributed by atoms with Gasteiger partial charge in [-0.3, -0.25) is 4.98 Å². The molecule has 1 aromatic heterocycles. The SMILES string of the molecule is OCC=Cc1ccc2ncc(Cl)nc2c1. The van der Waals surface area contributed by atoms with E-state index < -0.39 is 0 Å². The molecule has 15 heavy (non-hydrogen) atoms. The predicted molar refractivity (Wildman–Crippen MR) is 60.7 cm³/mol. The van der Waals surface area contributed by atoms with E-state index in [1.807, 2.05) is 24.3 Å². The van der Waals surface area contributed by atoms with Crippen molar-refractivity contribution in [1.29, 1.82) is 0 Å². The van der Waals surface area contributed by atoms with Gasteiger partial charge in [-0.15, -0.1) is 0 Å². The molecule has 0 bridgehead atoms. The molecule has 0 aliphatic heterocycles. The molecule has 0 unspecified atom stereocenters. The van der Waals surface area contributed by atoms with Crippen LogP contribution in [0, 0.1) is 0 Å².